The first-order valence-corrected chi connectivity index (χ1v) is 9.84. The molecule has 1 aliphatic rings. The highest BCUT2D eigenvalue weighted by Crippen LogP contribution is 2.20. The zero-order valence-electron chi connectivity index (χ0n) is 16.0. The van der Waals surface area contributed by atoms with Crippen molar-refractivity contribution >= 4 is 23.0 Å². The van der Waals surface area contributed by atoms with Gasteiger partial charge in [-0.2, -0.15) is 0 Å². The zero-order chi connectivity index (χ0) is 19.5. The molecule has 0 unspecified atom stereocenters. The fourth-order valence-electron chi connectivity index (χ4n) is 3.73. The predicted molar refractivity (Wildman–Crippen MR) is 109 cm³/mol. The number of likely N-dealkylation sites (tertiary alicyclic amines) is 1. The van der Waals surface area contributed by atoms with E-state index in [1.807, 2.05) is 54.3 Å². The molecule has 1 aliphatic heterocycles. The van der Waals surface area contributed by atoms with Crippen molar-refractivity contribution in [1.82, 2.24) is 14.3 Å². The van der Waals surface area contributed by atoms with Crippen LogP contribution < -0.4 is 5.32 Å². The summed E-state index contributed by atoms with van der Waals surface area (Å²) in [7, 11) is 0. The second kappa shape index (κ2) is 7.84. The quantitative estimate of drug-likeness (QED) is 0.754. The number of imidazole rings is 1. The first-order chi connectivity index (χ1) is 13.7. The smallest absolute Gasteiger partial charge is 0.290 e. The average Bonchev–Trinajstić information content (AvgIpc) is 3.14. The zero-order valence-corrected chi connectivity index (χ0v) is 16.0. The van der Waals surface area contributed by atoms with Crippen molar-refractivity contribution in [1.29, 1.82) is 0 Å². The Kier molecular flexibility index (Phi) is 5.10. The maximum Gasteiger partial charge on any atom is 0.290 e. The second-order valence-corrected chi connectivity index (χ2v) is 7.06. The topological polar surface area (TPSA) is 66.7 Å². The third-order valence-corrected chi connectivity index (χ3v) is 5.24. The maximum atomic E-state index is 13.0. The van der Waals surface area contributed by atoms with Crippen LogP contribution in [-0.4, -0.2) is 39.2 Å². The Balaban J connectivity index is 1.69. The molecule has 0 spiro atoms. The summed E-state index contributed by atoms with van der Waals surface area (Å²) in [6, 6.07) is 13.2. The van der Waals surface area contributed by atoms with Crippen LogP contribution in [0.3, 0.4) is 0 Å². The molecule has 0 bridgehead atoms. The summed E-state index contributed by atoms with van der Waals surface area (Å²) in [6.45, 7) is 3.53. The van der Waals surface area contributed by atoms with Crippen LogP contribution in [0.4, 0.5) is 5.69 Å². The molecule has 0 radical (unpaired) electrons. The molecule has 0 saturated carbocycles. The molecule has 0 aliphatic carbocycles. The Bertz CT molecular complexity index is 1020. The summed E-state index contributed by atoms with van der Waals surface area (Å²) >= 11 is 0. The van der Waals surface area contributed by atoms with E-state index in [9.17, 15) is 9.59 Å². The Morgan fingerprint density at radius 2 is 1.79 bits per heavy atom. The van der Waals surface area contributed by atoms with Crippen molar-refractivity contribution in [3.63, 3.8) is 0 Å². The van der Waals surface area contributed by atoms with Crippen molar-refractivity contribution in [3.8, 4) is 0 Å². The number of amides is 2. The molecule has 1 N–H and O–H groups in total. The van der Waals surface area contributed by atoms with E-state index in [-0.39, 0.29) is 17.5 Å². The molecule has 2 aromatic heterocycles. The maximum absolute atomic E-state index is 13.0. The van der Waals surface area contributed by atoms with E-state index in [0.29, 0.717) is 11.3 Å². The van der Waals surface area contributed by atoms with Gasteiger partial charge in [-0.3, -0.25) is 14.0 Å². The van der Waals surface area contributed by atoms with Crippen LogP contribution in [0.5, 0.6) is 0 Å². The highest BCUT2D eigenvalue weighted by Gasteiger charge is 2.26. The average molecular weight is 376 g/mol. The van der Waals surface area contributed by atoms with E-state index in [4.69, 9.17) is 0 Å². The number of anilines is 1. The van der Waals surface area contributed by atoms with E-state index >= 15 is 0 Å². The number of rotatable bonds is 4. The van der Waals surface area contributed by atoms with E-state index < -0.39 is 0 Å². The molecule has 3 aromatic rings. The third kappa shape index (κ3) is 3.38. The molecule has 1 fully saturated rings. The summed E-state index contributed by atoms with van der Waals surface area (Å²) < 4.78 is 1.72. The van der Waals surface area contributed by atoms with Crippen molar-refractivity contribution < 1.29 is 9.59 Å². The van der Waals surface area contributed by atoms with E-state index in [1.165, 1.54) is 0 Å². The number of piperidine rings is 1. The molecule has 1 saturated heterocycles. The van der Waals surface area contributed by atoms with Gasteiger partial charge in [0.05, 0.1) is 5.52 Å². The Labute approximate surface area is 164 Å². The number of aromatic nitrogens is 2. The predicted octanol–water partition coefficient (Wildman–Crippen LogP) is 3.78. The van der Waals surface area contributed by atoms with Crippen LogP contribution in [0, 0.1) is 0 Å². The molecule has 2 amide bonds. The number of nitrogens with zero attached hydrogens (tertiary/aromatic N) is 3. The summed E-state index contributed by atoms with van der Waals surface area (Å²) in [6.07, 6.45) is 5.78. The molecule has 1 aromatic carbocycles. The number of hydrogen-bond acceptors (Lipinski definition) is 3. The molecule has 6 nitrogen and oxygen atoms in total. The molecule has 144 valence electrons. The van der Waals surface area contributed by atoms with Crippen molar-refractivity contribution in [2.24, 2.45) is 0 Å². The van der Waals surface area contributed by atoms with Crippen molar-refractivity contribution in [2.45, 2.75) is 32.6 Å². The van der Waals surface area contributed by atoms with E-state index in [1.54, 1.807) is 10.6 Å². The van der Waals surface area contributed by atoms with Gasteiger partial charge >= 0.3 is 0 Å². The highest BCUT2D eigenvalue weighted by molar-refractivity contribution is 6.09. The monoisotopic (exact) mass is 376 g/mol. The number of pyridine rings is 1. The van der Waals surface area contributed by atoms with Gasteiger partial charge in [0.1, 0.15) is 0 Å². The molecule has 0 atom stereocenters. The van der Waals surface area contributed by atoms with Gasteiger partial charge < -0.3 is 10.2 Å². The van der Waals surface area contributed by atoms with Gasteiger partial charge in [0, 0.05) is 25.0 Å². The van der Waals surface area contributed by atoms with Crippen molar-refractivity contribution in [2.75, 3.05) is 18.4 Å². The number of para-hydroxylation sites is 1. The molecule has 28 heavy (non-hydrogen) atoms. The number of nitrogens with one attached hydrogen (secondary N) is 1. The second-order valence-electron chi connectivity index (χ2n) is 7.06. The van der Waals surface area contributed by atoms with Gasteiger partial charge in [0.15, 0.2) is 5.69 Å². The SMILES string of the molecule is CCc1ccccc1NC(=O)c1nc(C(=O)N2CCCCC2)n2ccccc12. The van der Waals surface area contributed by atoms with Gasteiger partial charge in [-0.1, -0.05) is 31.2 Å². The summed E-state index contributed by atoms with van der Waals surface area (Å²) in [5.74, 6) is -0.123. The lowest BCUT2D eigenvalue weighted by molar-refractivity contribution is 0.0711. The van der Waals surface area contributed by atoms with Crippen LogP contribution in [0.1, 0.15) is 52.9 Å². The van der Waals surface area contributed by atoms with Crippen LogP contribution in [0.25, 0.3) is 5.52 Å². The summed E-state index contributed by atoms with van der Waals surface area (Å²) in [4.78, 5) is 32.3. The fourth-order valence-corrected chi connectivity index (χ4v) is 3.73. The highest BCUT2D eigenvalue weighted by atomic mass is 16.2. The van der Waals surface area contributed by atoms with Crippen LogP contribution in [0.15, 0.2) is 48.7 Å². The lowest BCUT2D eigenvalue weighted by Crippen LogP contribution is -2.36. The van der Waals surface area contributed by atoms with Crippen LogP contribution in [-0.2, 0) is 6.42 Å². The van der Waals surface area contributed by atoms with Gasteiger partial charge in [-0.05, 0) is 49.4 Å². The fraction of sp³-hybridized carbons (Fsp3) is 0.318. The Morgan fingerprint density at radius 3 is 2.57 bits per heavy atom. The van der Waals surface area contributed by atoms with Crippen molar-refractivity contribution in [3.05, 3.63) is 65.7 Å². The van der Waals surface area contributed by atoms with Gasteiger partial charge in [0.25, 0.3) is 11.8 Å². The first-order valence-electron chi connectivity index (χ1n) is 9.84. The van der Waals surface area contributed by atoms with Gasteiger partial charge in [-0.15, -0.1) is 0 Å². The van der Waals surface area contributed by atoms with E-state index in [0.717, 1.165) is 50.0 Å². The summed E-state index contributed by atoms with van der Waals surface area (Å²) in [5, 5.41) is 2.96. The molecule has 6 heteroatoms. The number of carbonyl (C=O) groups is 2. The first kappa shape index (κ1) is 18.2. The standard InChI is InChI=1S/C22H24N4O2/c1-2-16-10-4-5-11-17(16)23-21(27)19-18-12-6-9-15-26(18)20(24-19)22(28)25-13-7-3-8-14-25/h4-6,9-12,15H,2-3,7-8,13-14H2,1H3,(H,23,27). The molecular formula is C22H24N4O2. The number of aryl methyl sites for hydroxylation is 1. The Morgan fingerprint density at radius 1 is 1.04 bits per heavy atom. The number of hydrogen-bond donors (Lipinski definition) is 1. The minimum absolute atomic E-state index is 0.117. The summed E-state index contributed by atoms with van der Waals surface area (Å²) in [5.41, 5.74) is 2.74. The third-order valence-electron chi connectivity index (χ3n) is 5.24. The minimum atomic E-state index is -0.303. The van der Waals surface area contributed by atoms with E-state index in [2.05, 4.69) is 10.3 Å². The molecule has 3 heterocycles. The Hall–Kier alpha value is -3.15. The molecular weight excluding hydrogens is 352 g/mol. The van der Waals surface area contributed by atoms with Gasteiger partial charge in [-0.25, -0.2) is 4.98 Å². The normalized spacial score (nSPS) is 14.2. The number of benzene rings is 1. The van der Waals surface area contributed by atoms with Gasteiger partial charge in [0.2, 0.25) is 5.82 Å². The lowest BCUT2D eigenvalue weighted by atomic mass is 10.1. The van der Waals surface area contributed by atoms with Crippen LogP contribution >= 0.6 is 0 Å². The van der Waals surface area contributed by atoms with Crippen LogP contribution in [0.2, 0.25) is 0 Å². The minimum Gasteiger partial charge on any atom is -0.336 e. The molecule has 4 rings (SSSR count). The largest absolute Gasteiger partial charge is 0.336 e. The number of fused-ring (bicyclic) bond motifs is 1. The lowest BCUT2D eigenvalue weighted by Gasteiger charge is -2.25. The number of carbonyl (C=O) groups excluding carboxylic acids is 2.